The van der Waals surface area contributed by atoms with Crippen LogP contribution in [0.25, 0.3) is 11.1 Å². The van der Waals surface area contributed by atoms with Gasteiger partial charge >= 0.3 is 5.97 Å². The van der Waals surface area contributed by atoms with Crippen LogP contribution in [0.15, 0.2) is 47.2 Å². The highest BCUT2D eigenvalue weighted by molar-refractivity contribution is 6.03. The van der Waals surface area contributed by atoms with Crippen LogP contribution in [0.5, 0.6) is 11.5 Å². The maximum atomic E-state index is 12.4. The molecule has 0 aliphatic heterocycles. The molecule has 0 aliphatic rings. The Morgan fingerprint density at radius 2 is 1.96 bits per heavy atom. The number of ether oxygens (including phenoxy) is 3. The van der Waals surface area contributed by atoms with Crippen LogP contribution in [0, 0.1) is 0 Å². The molecule has 140 valence electrons. The lowest BCUT2D eigenvalue weighted by Gasteiger charge is -2.15. The Morgan fingerprint density at radius 1 is 1.15 bits per heavy atom. The number of methoxy groups -OCH3 is 2. The first kappa shape index (κ1) is 18.2. The molecule has 3 rings (SSSR count). The Morgan fingerprint density at radius 3 is 2.70 bits per heavy atom. The van der Waals surface area contributed by atoms with Crippen LogP contribution in [-0.4, -0.2) is 37.2 Å². The van der Waals surface area contributed by atoms with Crippen LogP contribution >= 0.6 is 0 Å². The van der Waals surface area contributed by atoms with E-state index >= 15 is 0 Å². The molecule has 0 fully saturated rings. The molecule has 1 unspecified atom stereocenters. The third kappa shape index (κ3) is 3.84. The van der Waals surface area contributed by atoms with Crippen molar-refractivity contribution in [3.63, 3.8) is 0 Å². The van der Waals surface area contributed by atoms with Crippen LogP contribution in [0.4, 0.5) is 5.69 Å². The van der Waals surface area contributed by atoms with Gasteiger partial charge in [-0.3, -0.25) is 4.79 Å². The summed E-state index contributed by atoms with van der Waals surface area (Å²) in [6.45, 7) is 1.48. The molecule has 0 spiro atoms. The zero-order valence-electron chi connectivity index (χ0n) is 15.0. The first-order valence-electron chi connectivity index (χ1n) is 8.09. The fourth-order valence-electron chi connectivity index (χ4n) is 2.46. The van der Waals surface area contributed by atoms with Gasteiger partial charge in [-0.2, -0.15) is 0 Å². The molecule has 1 aromatic heterocycles. The summed E-state index contributed by atoms with van der Waals surface area (Å²) in [7, 11) is 3.01. The molecule has 27 heavy (non-hydrogen) atoms. The summed E-state index contributed by atoms with van der Waals surface area (Å²) in [4.78, 5) is 28.8. The Bertz CT molecular complexity index is 981. The molecule has 8 heteroatoms. The zero-order chi connectivity index (χ0) is 19.4. The SMILES string of the molecule is COc1ccc(NC(=O)C(C)OC(=O)c2cccc3ocnc23)c(OC)c1. The van der Waals surface area contributed by atoms with Crippen molar-refractivity contribution in [3.8, 4) is 11.5 Å². The average Bonchev–Trinajstić information content (AvgIpc) is 3.16. The molecule has 2 aromatic carbocycles. The number of anilines is 1. The van der Waals surface area contributed by atoms with E-state index in [1.807, 2.05) is 0 Å². The lowest BCUT2D eigenvalue weighted by Crippen LogP contribution is -2.30. The molecule has 0 radical (unpaired) electrons. The minimum absolute atomic E-state index is 0.225. The summed E-state index contributed by atoms with van der Waals surface area (Å²) in [5, 5.41) is 2.67. The predicted octanol–water partition coefficient (Wildman–Crippen LogP) is 3.03. The molecule has 0 saturated carbocycles. The molecular weight excluding hydrogens is 352 g/mol. The number of para-hydroxylation sites is 1. The van der Waals surface area contributed by atoms with Crippen molar-refractivity contribution < 1.29 is 28.2 Å². The number of hydrogen-bond acceptors (Lipinski definition) is 7. The van der Waals surface area contributed by atoms with E-state index in [-0.39, 0.29) is 5.56 Å². The van der Waals surface area contributed by atoms with Crippen LogP contribution in [0.1, 0.15) is 17.3 Å². The van der Waals surface area contributed by atoms with Gasteiger partial charge in [0.15, 0.2) is 18.1 Å². The van der Waals surface area contributed by atoms with Crippen LogP contribution < -0.4 is 14.8 Å². The minimum Gasteiger partial charge on any atom is -0.497 e. The van der Waals surface area contributed by atoms with Gasteiger partial charge in [0.2, 0.25) is 0 Å². The summed E-state index contributed by atoms with van der Waals surface area (Å²) in [5.41, 5.74) is 1.50. The number of oxazole rings is 1. The Hall–Kier alpha value is -3.55. The average molecular weight is 370 g/mol. The lowest BCUT2D eigenvalue weighted by atomic mass is 10.2. The van der Waals surface area contributed by atoms with Gasteiger partial charge in [0.25, 0.3) is 5.91 Å². The Labute approximate surface area is 155 Å². The molecule has 0 bridgehead atoms. The number of carbonyl (C=O) groups is 2. The van der Waals surface area contributed by atoms with E-state index in [2.05, 4.69) is 10.3 Å². The first-order chi connectivity index (χ1) is 13.0. The molecule has 8 nitrogen and oxygen atoms in total. The number of aromatic nitrogens is 1. The van der Waals surface area contributed by atoms with Crippen molar-refractivity contribution in [2.75, 3.05) is 19.5 Å². The predicted molar refractivity (Wildman–Crippen MR) is 97.1 cm³/mol. The number of esters is 1. The number of fused-ring (bicyclic) bond motifs is 1. The van der Waals surface area contributed by atoms with Gasteiger partial charge in [-0.1, -0.05) is 6.07 Å². The number of hydrogen-bond donors (Lipinski definition) is 1. The second-order valence-corrected chi connectivity index (χ2v) is 5.61. The number of amides is 1. The maximum absolute atomic E-state index is 12.4. The standard InChI is InChI=1S/C19H18N2O6/c1-11(18(22)21-14-8-7-12(24-2)9-16(14)25-3)27-19(23)13-5-4-6-15-17(13)20-10-26-15/h4-11H,1-3H3,(H,21,22). The van der Waals surface area contributed by atoms with Crippen LogP contribution in [0.3, 0.4) is 0 Å². The number of nitrogens with one attached hydrogen (secondary N) is 1. The smallest absolute Gasteiger partial charge is 0.341 e. The molecule has 0 saturated heterocycles. The minimum atomic E-state index is -1.04. The summed E-state index contributed by atoms with van der Waals surface area (Å²) in [6.07, 6.45) is 0.208. The largest absolute Gasteiger partial charge is 0.497 e. The van der Waals surface area contributed by atoms with E-state index in [9.17, 15) is 9.59 Å². The van der Waals surface area contributed by atoms with Gasteiger partial charge in [0.1, 0.15) is 17.0 Å². The molecule has 1 N–H and O–H groups in total. The van der Waals surface area contributed by atoms with Gasteiger partial charge in [0, 0.05) is 6.07 Å². The van der Waals surface area contributed by atoms with Crippen molar-refractivity contribution in [1.29, 1.82) is 0 Å². The number of benzene rings is 2. The summed E-state index contributed by atoms with van der Waals surface area (Å²) < 4.78 is 20.8. The molecule has 3 aromatic rings. The Balaban J connectivity index is 1.71. The molecule has 1 amide bonds. The van der Waals surface area contributed by atoms with Crippen molar-refractivity contribution in [2.24, 2.45) is 0 Å². The summed E-state index contributed by atoms with van der Waals surface area (Å²) in [5.74, 6) is -0.156. The van der Waals surface area contributed by atoms with Crippen molar-refractivity contribution in [2.45, 2.75) is 13.0 Å². The van der Waals surface area contributed by atoms with Gasteiger partial charge in [-0.25, -0.2) is 9.78 Å². The van der Waals surface area contributed by atoms with E-state index in [0.29, 0.717) is 28.3 Å². The van der Waals surface area contributed by atoms with Gasteiger partial charge in [-0.05, 0) is 31.2 Å². The zero-order valence-corrected chi connectivity index (χ0v) is 15.0. The monoisotopic (exact) mass is 370 g/mol. The Kier molecular flexibility index (Phi) is 5.25. The fraction of sp³-hybridized carbons (Fsp3) is 0.211. The fourth-order valence-corrected chi connectivity index (χ4v) is 2.46. The van der Waals surface area contributed by atoms with Crippen LogP contribution in [0.2, 0.25) is 0 Å². The third-order valence-corrected chi connectivity index (χ3v) is 3.90. The van der Waals surface area contributed by atoms with E-state index in [4.69, 9.17) is 18.6 Å². The number of carbonyl (C=O) groups excluding carboxylic acids is 2. The number of rotatable bonds is 6. The van der Waals surface area contributed by atoms with E-state index in [1.165, 1.54) is 27.5 Å². The van der Waals surface area contributed by atoms with E-state index in [1.54, 1.807) is 36.4 Å². The first-order valence-corrected chi connectivity index (χ1v) is 8.09. The van der Waals surface area contributed by atoms with Gasteiger partial charge < -0.3 is 23.9 Å². The molecule has 0 aliphatic carbocycles. The molecule has 1 atom stereocenters. The maximum Gasteiger partial charge on any atom is 0.341 e. The van der Waals surface area contributed by atoms with E-state index in [0.717, 1.165) is 0 Å². The normalized spacial score (nSPS) is 11.7. The van der Waals surface area contributed by atoms with Crippen molar-refractivity contribution >= 4 is 28.7 Å². The molecular formula is C19H18N2O6. The quantitative estimate of drug-likeness (QED) is 0.666. The highest BCUT2D eigenvalue weighted by atomic mass is 16.5. The van der Waals surface area contributed by atoms with Gasteiger partial charge in [0.05, 0.1) is 25.5 Å². The third-order valence-electron chi connectivity index (χ3n) is 3.90. The lowest BCUT2D eigenvalue weighted by molar-refractivity contribution is -0.123. The second-order valence-electron chi connectivity index (χ2n) is 5.61. The number of nitrogens with zero attached hydrogens (tertiary/aromatic N) is 1. The van der Waals surface area contributed by atoms with Gasteiger partial charge in [-0.15, -0.1) is 0 Å². The highest BCUT2D eigenvalue weighted by Gasteiger charge is 2.22. The van der Waals surface area contributed by atoms with Crippen molar-refractivity contribution in [1.82, 2.24) is 4.98 Å². The summed E-state index contributed by atoms with van der Waals surface area (Å²) >= 11 is 0. The van der Waals surface area contributed by atoms with Crippen LogP contribution in [-0.2, 0) is 9.53 Å². The second kappa shape index (κ2) is 7.77. The van der Waals surface area contributed by atoms with Crippen molar-refractivity contribution in [3.05, 3.63) is 48.4 Å². The highest BCUT2D eigenvalue weighted by Crippen LogP contribution is 2.29. The molecule has 1 heterocycles. The topological polar surface area (TPSA) is 99.9 Å². The van der Waals surface area contributed by atoms with E-state index < -0.39 is 18.0 Å². The summed E-state index contributed by atoms with van der Waals surface area (Å²) in [6, 6.07) is 9.85.